The van der Waals surface area contributed by atoms with Gasteiger partial charge in [-0.05, 0) is 26.9 Å². The number of methoxy groups -OCH3 is 1. The number of anilines is 2. The third-order valence-corrected chi connectivity index (χ3v) is 3.54. The average molecular weight is 265 g/mol. The summed E-state index contributed by atoms with van der Waals surface area (Å²) in [5.41, 5.74) is 0. The summed E-state index contributed by atoms with van der Waals surface area (Å²) in [7, 11) is 5.67. The molecule has 1 atom stereocenters. The zero-order valence-electron chi connectivity index (χ0n) is 12.2. The van der Waals surface area contributed by atoms with Crippen molar-refractivity contribution in [3.63, 3.8) is 0 Å². The maximum absolute atomic E-state index is 5.49. The van der Waals surface area contributed by atoms with E-state index in [0.717, 1.165) is 43.4 Å². The van der Waals surface area contributed by atoms with E-state index in [1.165, 1.54) is 0 Å². The molecule has 0 bridgehead atoms. The van der Waals surface area contributed by atoms with Gasteiger partial charge in [-0.25, -0.2) is 9.97 Å². The van der Waals surface area contributed by atoms with Gasteiger partial charge >= 0.3 is 0 Å². The Morgan fingerprint density at radius 1 is 1.37 bits per heavy atom. The van der Waals surface area contributed by atoms with Gasteiger partial charge in [0.2, 0.25) is 5.75 Å². The molecular formula is C13H23N5O. The maximum Gasteiger partial charge on any atom is 0.204 e. The fourth-order valence-corrected chi connectivity index (χ4v) is 2.62. The Morgan fingerprint density at radius 3 is 2.84 bits per heavy atom. The van der Waals surface area contributed by atoms with Gasteiger partial charge in [-0.15, -0.1) is 0 Å². The van der Waals surface area contributed by atoms with E-state index in [4.69, 9.17) is 4.74 Å². The van der Waals surface area contributed by atoms with Crippen molar-refractivity contribution in [3.8, 4) is 5.75 Å². The number of likely N-dealkylation sites (N-methyl/N-ethyl adjacent to an activating group) is 1. The van der Waals surface area contributed by atoms with Gasteiger partial charge in [-0.2, -0.15) is 0 Å². The smallest absolute Gasteiger partial charge is 0.204 e. The van der Waals surface area contributed by atoms with Crippen LogP contribution >= 0.6 is 0 Å². The Morgan fingerprint density at radius 2 is 2.16 bits per heavy atom. The lowest BCUT2D eigenvalue weighted by atomic mass is 10.2. The van der Waals surface area contributed by atoms with Crippen LogP contribution in [0.4, 0.5) is 11.6 Å². The number of rotatable bonds is 3. The number of ether oxygens (including phenoxy) is 1. The summed E-state index contributed by atoms with van der Waals surface area (Å²) >= 11 is 0. The van der Waals surface area contributed by atoms with Gasteiger partial charge in [-0.1, -0.05) is 0 Å². The van der Waals surface area contributed by atoms with E-state index in [1.54, 1.807) is 13.4 Å². The Kier molecular flexibility index (Phi) is 4.42. The summed E-state index contributed by atoms with van der Waals surface area (Å²) in [4.78, 5) is 13.3. The standard InChI is InChI=1S/C13H23N5O/c1-10-8-17(3)6-5-7-18(10)13-11(19-4)12(14-2)15-9-16-13/h9-10H,5-8H2,1-4H3,(H,14,15,16). The molecule has 2 heterocycles. The lowest BCUT2D eigenvalue weighted by Crippen LogP contribution is -2.38. The first kappa shape index (κ1) is 13.9. The molecule has 19 heavy (non-hydrogen) atoms. The molecule has 6 nitrogen and oxygen atoms in total. The average Bonchev–Trinajstić information content (AvgIpc) is 2.58. The van der Waals surface area contributed by atoms with Gasteiger partial charge in [-0.3, -0.25) is 0 Å². The molecule has 0 spiro atoms. The Labute approximate surface area is 114 Å². The van der Waals surface area contributed by atoms with Gasteiger partial charge in [0, 0.05) is 26.2 Å². The summed E-state index contributed by atoms with van der Waals surface area (Å²) in [5, 5.41) is 3.05. The first-order chi connectivity index (χ1) is 9.17. The van der Waals surface area contributed by atoms with Crippen LogP contribution in [0.15, 0.2) is 6.33 Å². The van der Waals surface area contributed by atoms with Crippen LogP contribution in [-0.4, -0.2) is 61.7 Å². The number of nitrogens with one attached hydrogen (secondary N) is 1. The Hall–Kier alpha value is -1.56. The highest BCUT2D eigenvalue weighted by atomic mass is 16.5. The zero-order valence-corrected chi connectivity index (χ0v) is 12.2. The van der Waals surface area contributed by atoms with Crippen molar-refractivity contribution in [1.82, 2.24) is 14.9 Å². The van der Waals surface area contributed by atoms with Crippen LogP contribution in [-0.2, 0) is 0 Å². The first-order valence-electron chi connectivity index (χ1n) is 6.69. The van der Waals surface area contributed by atoms with Crippen LogP contribution in [0.25, 0.3) is 0 Å². The molecule has 6 heteroatoms. The first-order valence-corrected chi connectivity index (χ1v) is 6.69. The van der Waals surface area contributed by atoms with E-state index in [-0.39, 0.29) is 0 Å². The molecule has 1 aromatic rings. The molecule has 0 aromatic carbocycles. The summed E-state index contributed by atoms with van der Waals surface area (Å²) < 4.78 is 5.49. The molecular weight excluding hydrogens is 242 g/mol. The zero-order chi connectivity index (χ0) is 13.8. The minimum absolute atomic E-state index is 0.404. The molecule has 2 rings (SSSR count). The molecule has 0 aliphatic carbocycles. The van der Waals surface area contributed by atoms with E-state index in [1.807, 2.05) is 7.05 Å². The fraction of sp³-hybridized carbons (Fsp3) is 0.692. The van der Waals surface area contributed by atoms with Crippen LogP contribution in [0.3, 0.4) is 0 Å². The lowest BCUT2D eigenvalue weighted by molar-refractivity contribution is 0.336. The second kappa shape index (κ2) is 6.06. The highest BCUT2D eigenvalue weighted by Gasteiger charge is 2.25. The van der Waals surface area contributed by atoms with Crippen molar-refractivity contribution in [2.45, 2.75) is 19.4 Å². The molecule has 1 aliphatic rings. The number of nitrogens with zero attached hydrogens (tertiary/aromatic N) is 4. The maximum atomic E-state index is 5.49. The second-order valence-corrected chi connectivity index (χ2v) is 4.99. The van der Waals surface area contributed by atoms with Crippen LogP contribution in [0, 0.1) is 0 Å². The molecule has 1 unspecified atom stereocenters. The van der Waals surface area contributed by atoms with E-state index >= 15 is 0 Å². The molecule has 1 saturated heterocycles. The minimum atomic E-state index is 0.404. The summed E-state index contributed by atoms with van der Waals surface area (Å²) in [6.45, 7) is 5.36. The van der Waals surface area contributed by atoms with Crippen molar-refractivity contribution >= 4 is 11.6 Å². The van der Waals surface area contributed by atoms with Crippen molar-refractivity contribution in [1.29, 1.82) is 0 Å². The second-order valence-electron chi connectivity index (χ2n) is 4.99. The van der Waals surface area contributed by atoms with E-state index < -0.39 is 0 Å². The fourth-order valence-electron chi connectivity index (χ4n) is 2.62. The number of hydrogen-bond acceptors (Lipinski definition) is 6. The largest absolute Gasteiger partial charge is 0.490 e. The third-order valence-electron chi connectivity index (χ3n) is 3.54. The molecule has 0 radical (unpaired) electrons. The van der Waals surface area contributed by atoms with Crippen LogP contribution in [0.1, 0.15) is 13.3 Å². The molecule has 106 valence electrons. The number of hydrogen-bond donors (Lipinski definition) is 1. The van der Waals surface area contributed by atoms with Crippen molar-refractivity contribution in [2.24, 2.45) is 0 Å². The van der Waals surface area contributed by atoms with Gasteiger partial charge in [0.1, 0.15) is 6.33 Å². The van der Waals surface area contributed by atoms with Gasteiger partial charge < -0.3 is 19.9 Å². The van der Waals surface area contributed by atoms with Crippen molar-refractivity contribution in [3.05, 3.63) is 6.33 Å². The molecule has 1 N–H and O–H groups in total. The summed E-state index contributed by atoms with van der Waals surface area (Å²) in [6.07, 6.45) is 2.72. The molecule has 1 aliphatic heterocycles. The van der Waals surface area contributed by atoms with E-state index in [9.17, 15) is 0 Å². The van der Waals surface area contributed by atoms with Crippen LogP contribution < -0.4 is 15.0 Å². The van der Waals surface area contributed by atoms with Crippen LogP contribution in [0.5, 0.6) is 5.75 Å². The minimum Gasteiger partial charge on any atom is -0.490 e. The van der Waals surface area contributed by atoms with Crippen LogP contribution in [0.2, 0.25) is 0 Å². The quantitative estimate of drug-likeness (QED) is 0.882. The molecule has 0 amide bonds. The molecule has 0 saturated carbocycles. The van der Waals surface area contributed by atoms with E-state index in [2.05, 4.69) is 39.1 Å². The Bertz CT molecular complexity index is 425. The number of aromatic nitrogens is 2. The normalized spacial score (nSPS) is 21.1. The van der Waals surface area contributed by atoms with Crippen molar-refractivity contribution < 1.29 is 4.74 Å². The van der Waals surface area contributed by atoms with Gasteiger partial charge in [0.25, 0.3) is 0 Å². The van der Waals surface area contributed by atoms with Crippen molar-refractivity contribution in [2.75, 3.05) is 51.1 Å². The van der Waals surface area contributed by atoms with Gasteiger partial charge in [0.05, 0.1) is 7.11 Å². The predicted molar refractivity (Wildman–Crippen MR) is 77.1 cm³/mol. The lowest BCUT2D eigenvalue weighted by Gasteiger charge is -2.30. The highest BCUT2D eigenvalue weighted by Crippen LogP contribution is 2.33. The summed E-state index contributed by atoms with van der Waals surface area (Å²) in [6, 6.07) is 0.404. The molecule has 1 fully saturated rings. The summed E-state index contributed by atoms with van der Waals surface area (Å²) in [5.74, 6) is 2.34. The monoisotopic (exact) mass is 265 g/mol. The third kappa shape index (κ3) is 2.89. The highest BCUT2D eigenvalue weighted by molar-refractivity contribution is 5.65. The topological polar surface area (TPSA) is 53.5 Å². The van der Waals surface area contributed by atoms with E-state index in [0.29, 0.717) is 6.04 Å². The van der Waals surface area contributed by atoms with Gasteiger partial charge in [0.15, 0.2) is 11.6 Å². The SMILES string of the molecule is CNc1ncnc(N2CCCN(C)CC2C)c1OC. The Balaban J connectivity index is 2.34. The molecule has 1 aromatic heterocycles. The predicted octanol–water partition coefficient (Wildman–Crippen LogP) is 1.06.